The van der Waals surface area contributed by atoms with Crippen LogP contribution in [-0.2, 0) is 0 Å². The number of aromatic nitrogens is 1. The molecule has 92 valence electrons. The molecule has 0 aliphatic rings. The number of nitrogens with zero attached hydrogens (tertiary/aromatic N) is 1. The summed E-state index contributed by atoms with van der Waals surface area (Å²) in [5.41, 5.74) is 2.16. The van der Waals surface area contributed by atoms with Gasteiger partial charge in [0.2, 0.25) is 0 Å². The van der Waals surface area contributed by atoms with E-state index in [9.17, 15) is 4.79 Å². The molecule has 2 rings (SSSR count). The Morgan fingerprint density at radius 2 is 2.00 bits per heavy atom. The van der Waals surface area contributed by atoms with Gasteiger partial charge in [-0.15, -0.1) is 0 Å². The van der Waals surface area contributed by atoms with Crippen molar-refractivity contribution < 1.29 is 9.90 Å². The van der Waals surface area contributed by atoms with Crippen molar-refractivity contribution in [2.24, 2.45) is 0 Å². The highest BCUT2D eigenvalue weighted by Gasteiger charge is 2.07. The second-order valence-corrected chi connectivity index (χ2v) is 5.15. The van der Waals surface area contributed by atoms with Gasteiger partial charge in [-0.1, -0.05) is 29.5 Å². The Bertz CT molecular complexity index is 596. The lowest BCUT2D eigenvalue weighted by atomic mass is 10.2. The number of carboxylic acids is 1. The summed E-state index contributed by atoms with van der Waals surface area (Å²) in [5.74, 6) is -0.924. The van der Waals surface area contributed by atoms with Gasteiger partial charge in [-0.2, -0.15) is 0 Å². The molecule has 0 aliphatic heterocycles. The largest absolute Gasteiger partial charge is 0.478 e. The number of carboxylic acid groups (broad SMARTS) is 1. The van der Waals surface area contributed by atoms with E-state index in [4.69, 9.17) is 5.11 Å². The molecule has 1 heterocycles. The monoisotopic (exact) mass is 259 g/mol. The Kier molecular flexibility index (Phi) is 3.67. The van der Waals surface area contributed by atoms with Crippen LogP contribution in [0.2, 0.25) is 0 Å². The van der Waals surface area contributed by atoms with Crippen LogP contribution < -0.4 is 0 Å². The van der Waals surface area contributed by atoms with Gasteiger partial charge >= 0.3 is 5.97 Å². The topological polar surface area (TPSA) is 50.2 Å². The average molecular weight is 259 g/mol. The molecule has 1 aromatic carbocycles. The van der Waals surface area contributed by atoms with Gasteiger partial charge in [0.1, 0.15) is 5.03 Å². The SMILES string of the molecule is Cc1cccc(Sc2cc(C(=O)O)cc(C)n2)c1. The van der Waals surface area contributed by atoms with Crippen molar-refractivity contribution in [1.29, 1.82) is 0 Å². The van der Waals surface area contributed by atoms with Gasteiger partial charge in [0.25, 0.3) is 0 Å². The van der Waals surface area contributed by atoms with Crippen molar-refractivity contribution in [1.82, 2.24) is 4.98 Å². The van der Waals surface area contributed by atoms with Gasteiger partial charge in [0, 0.05) is 10.6 Å². The zero-order valence-electron chi connectivity index (χ0n) is 10.2. The molecule has 0 unspecified atom stereocenters. The fourth-order valence-corrected chi connectivity index (χ4v) is 2.62. The number of aromatic carboxylic acids is 1. The summed E-state index contributed by atoms with van der Waals surface area (Å²) < 4.78 is 0. The fourth-order valence-electron chi connectivity index (χ4n) is 1.61. The highest BCUT2D eigenvalue weighted by Crippen LogP contribution is 2.27. The first-order chi connectivity index (χ1) is 8.54. The number of hydrogen-bond acceptors (Lipinski definition) is 3. The Hall–Kier alpha value is -1.81. The Balaban J connectivity index is 2.31. The lowest BCUT2D eigenvalue weighted by Gasteiger charge is -2.04. The van der Waals surface area contributed by atoms with E-state index < -0.39 is 5.97 Å². The van der Waals surface area contributed by atoms with Crippen LogP contribution in [0.4, 0.5) is 0 Å². The standard InChI is InChI=1S/C14H13NO2S/c1-9-4-3-5-12(6-9)18-13-8-11(14(16)17)7-10(2)15-13/h3-8H,1-2H3,(H,16,17). The van der Waals surface area contributed by atoms with E-state index in [1.807, 2.05) is 25.1 Å². The summed E-state index contributed by atoms with van der Waals surface area (Å²) in [4.78, 5) is 16.4. The predicted octanol–water partition coefficient (Wildman–Crippen LogP) is 3.55. The lowest BCUT2D eigenvalue weighted by Crippen LogP contribution is -1.99. The smallest absolute Gasteiger partial charge is 0.335 e. The predicted molar refractivity (Wildman–Crippen MR) is 71.2 cm³/mol. The molecule has 18 heavy (non-hydrogen) atoms. The quantitative estimate of drug-likeness (QED) is 0.915. The highest BCUT2D eigenvalue weighted by molar-refractivity contribution is 7.99. The van der Waals surface area contributed by atoms with Crippen LogP contribution in [0, 0.1) is 13.8 Å². The van der Waals surface area contributed by atoms with Gasteiger partial charge in [0.05, 0.1) is 5.56 Å². The zero-order valence-corrected chi connectivity index (χ0v) is 11.0. The molecule has 0 aliphatic carbocycles. The fraction of sp³-hybridized carbons (Fsp3) is 0.143. The molecule has 1 N–H and O–H groups in total. The summed E-state index contributed by atoms with van der Waals surface area (Å²) in [6, 6.07) is 11.2. The molecule has 0 spiro atoms. The maximum atomic E-state index is 11.0. The average Bonchev–Trinajstić information content (AvgIpc) is 2.28. The zero-order chi connectivity index (χ0) is 13.1. The molecule has 0 fully saturated rings. The van der Waals surface area contributed by atoms with E-state index in [1.54, 1.807) is 19.1 Å². The molecular weight excluding hydrogens is 246 g/mol. The summed E-state index contributed by atoms with van der Waals surface area (Å²) in [6.45, 7) is 3.82. The molecule has 0 bridgehead atoms. The maximum Gasteiger partial charge on any atom is 0.335 e. The lowest BCUT2D eigenvalue weighted by molar-refractivity contribution is 0.0696. The first-order valence-electron chi connectivity index (χ1n) is 5.51. The van der Waals surface area contributed by atoms with Crippen LogP contribution >= 0.6 is 11.8 Å². The van der Waals surface area contributed by atoms with Gasteiger partial charge in [-0.25, -0.2) is 9.78 Å². The van der Waals surface area contributed by atoms with Crippen LogP contribution in [0.25, 0.3) is 0 Å². The number of aryl methyl sites for hydroxylation is 2. The number of rotatable bonds is 3. The molecule has 0 amide bonds. The van der Waals surface area contributed by atoms with Crippen molar-refractivity contribution in [3.8, 4) is 0 Å². The third-order valence-electron chi connectivity index (χ3n) is 2.39. The van der Waals surface area contributed by atoms with E-state index in [2.05, 4.69) is 11.1 Å². The van der Waals surface area contributed by atoms with Crippen LogP contribution in [-0.4, -0.2) is 16.1 Å². The minimum absolute atomic E-state index is 0.276. The van der Waals surface area contributed by atoms with Crippen molar-refractivity contribution in [3.63, 3.8) is 0 Å². The number of benzene rings is 1. The Morgan fingerprint density at radius 3 is 2.67 bits per heavy atom. The summed E-state index contributed by atoms with van der Waals surface area (Å²) >= 11 is 1.47. The van der Waals surface area contributed by atoms with E-state index in [0.717, 1.165) is 4.90 Å². The van der Waals surface area contributed by atoms with Crippen molar-refractivity contribution in [3.05, 3.63) is 53.2 Å². The van der Waals surface area contributed by atoms with Crippen molar-refractivity contribution in [2.45, 2.75) is 23.8 Å². The number of pyridine rings is 1. The minimum Gasteiger partial charge on any atom is -0.478 e. The van der Waals surface area contributed by atoms with Crippen LogP contribution in [0.5, 0.6) is 0 Å². The van der Waals surface area contributed by atoms with Crippen molar-refractivity contribution in [2.75, 3.05) is 0 Å². The van der Waals surface area contributed by atoms with Gasteiger partial charge in [0.15, 0.2) is 0 Å². The first kappa shape index (κ1) is 12.6. The molecule has 0 saturated heterocycles. The van der Waals surface area contributed by atoms with Crippen LogP contribution in [0.3, 0.4) is 0 Å². The van der Waals surface area contributed by atoms with E-state index >= 15 is 0 Å². The summed E-state index contributed by atoms with van der Waals surface area (Å²) in [7, 11) is 0. The minimum atomic E-state index is -0.924. The van der Waals surface area contributed by atoms with Crippen LogP contribution in [0.15, 0.2) is 46.3 Å². The molecule has 4 heteroatoms. The number of carbonyl (C=O) groups is 1. The first-order valence-corrected chi connectivity index (χ1v) is 6.33. The van der Waals surface area contributed by atoms with Crippen molar-refractivity contribution >= 4 is 17.7 Å². The van der Waals surface area contributed by atoms with Gasteiger partial charge < -0.3 is 5.11 Å². The molecular formula is C14H13NO2S. The summed E-state index contributed by atoms with van der Waals surface area (Å²) in [5, 5.41) is 9.71. The van der Waals surface area contributed by atoms with E-state index in [1.165, 1.54) is 17.3 Å². The third kappa shape index (κ3) is 3.11. The Morgan fingerprint density at radius 1 is 1.22 bits per heavy atom. The molecule has 1 aromatic heterocycles. The molecule has 2 aromatic rings. The summed E-state index contributed by atoms with van der Waals surface area (Å²) in [6.07, 6.45) is 0. The number of hydrogen-bond donors (Lipinski definition) is 1. The molecule has 0 saturated carbocycles. The van der Waals surface area contributed by atoms with Gasteiger partial charge in [-0.05, 0) is 38.1 Å². The third-order valence-corrected chi connectivity index (χ3v) is 3.30. The molecule has 0 atom stereocenters. The molecule has 3 nitrogen and oxygen atoms in total. The van der Waals surface area contributed by atoms with Gasteiger partial charge in [-0.3, -0.25) is 0 Å². The Labute approximate surface area is 110 Å². The van der Waals surface area contributed by atoms with Crippen LogP contribution in [0.1, 0.15) is 21.6 Å². The highest BCUT2D eigenvalue weighted by atomic mass is 32.2. The second kappa shape index (κ2) is 5.23. The normalized spacial score (nSPS) is 10.3. The van der Waals surface area contributed by atoms with E-state index in [-0.39, 0.29) is 5.56 Å². The maximum absolute atomic E-state index is 11.0. The van der Waals surface area contributed by atoms with E-state index in [0.29, 0.717) is 10.7 Å². The second-order valence-electron chi connectivity index (χ2n) is 4.06. The molecule has 0 radical (unpaired) electrons.